The van der Waals surface area contributed by atoms with E-state index in [1.54, 1.807) is 0 Å². The third kappa shape index (κ3) is 2.48. The number of benzene rings is 2. The number of fused-ring (bicyclic) bond motifs is 1. The molecule has 0 saturated heterocycles. The van der Waals surface area contributed by atoms with Crippen LogP contribution in [0.3, 0.4) is 0 Å². The average molecular weight is 333 g/mol. The van der Waals surface area contributed by atoms with Crippen molar-refractivity contribution in [1.82, 2.24) is 0 Å². The van der Waals surface area contributed by atoms with E-state index >= 15 is 0 Å². The van der Waals surface area contributed by atoms with Gasteiger partial charge in [0.05, 0.1) is 13.2 Å². The lowest BCUT2D eigenvalue weighted by Gasteiger charge is -2.30. The summed E-state index contributed by atoms with van der Waals surface area (Å²) >= 11 is 3.45. The van der Waals surface area contributed by atoms with Crippen LogP contribution in [0, 0.1) is 6.92 Å². The predicted octanol–water partition coefficient (Wildman–Crippen LogP) is 3.97. The van der Waals surface area contributed by atoms with E-state index in [2.05, 4.69) is 40.2 Å². The van der Waals surface area contributed by atoms with Gasteiger partial charge < -0.3 is 9.84 Å². The van der Waals surface area contributed by atoms with E-state index in [0.29, 0.717) is 12.5 Å². The van der Waals surface area contributed by atoms with E-state index in [0.717, 1.165) is 27.8 Å². The van der Waals surface area contributed by atoms with Gasteiger partial charge in [-0.25, -0.2) is 0 Å². The molecule has 0 aromatic heterocycles. The molecule has 0 radical (unpaired) electrons. The predicted molar refractivity (Wildman–Crippen MR) is 83.2 cm³/mol. The van der Waals surface area contributed by atoms with Crippen molar-refractivity contribution < 1.29 is 9.84 Å². The number of hydrogen-bond donors (Lipinski definition) is 1. The van der Waals surface area contributed by atoms with Crippen molar-refractivity contribution >= 4 is 15.9 Å². The average Bonchev–Trinajstić information content (AvgIpc) is 2.41. The van der Waals surface area contributed by atoms with Crippen molar-refractivity contribution in [3.63, 3.8) is 0 Å². The van der Waals surface area contributed by atoms with Crippen LogP contribution in [0.25, 0.3) is 0 Å². The first-order chi connectivity index (χ1) is 9.69. The molecule has 2 aromatic rings. The normalized spacial score (nSPS) is 16.4. The molecule has 1 aliphatic carbocycles. The summed E-state index contributed by atoms with van der Waals surface area (Å²) in [5.41, 5.74) is 4.71. The van der Waals surface area contributed by atoms with Gasteiger partial charge in [0.2, 0.25) is 0 Å². The van der Waals surface area contributed by atoms with Gasteiger partial charge in [-0.05, 0) is 42.2 Å². The Bertz CT molecular complexity index is 637. The number of ether oxygens (including phenoxy) is 1. The molecule has 0 aliphatic heterocycles. The Morgan fingerprint density at radius 3 is 2.85 bits per heavy atom. The molecule has 3 rings (SSSR count). The van der Waals surface area contributed by atoms with Crippen LogP contribution in [0.4, 0.5) is 0 Å². The molecule has 0 bridgehead atoms. The molecule has 3 heteroatoms. The molecule has 104 valence electrons. The van der Waals surface area contributed by atoms with Crippen LogP contribution in [-0.4, -0.2) is 11.7 Å². The smallest absolute Gasteiger partial charge is 0.127 e. The summed E-state index contributed by atoms with van der Waals surface area (Å²) in [6.45, 7) is 2.68. The zero-order valence-electron chi connectivity index (χ0n) is 11.4. The van der Waals surface area contributed by atoms with Crippen LogP contribution in [0.1, 0.15) is 28.2 Å². The third-order valence-corrected chi connectivity index (χ3v) is 4.33. The topological polar surface area (TPSA) is 29.5 Å². The first-order valence-corrected chi connectivity index (χ1v) is 7.59. The van der Waals surface area contributed by atoms with Crippen molar-refractivity contribution in [1.29, 1.82) is 0 Å². The van der Waals surface area contributed by atoms with Crippen LogP contribution in [0.15, 0.2) is 40.9 Å². The monoisotopic (exact) mass is 332 g/mol. The Morgan fingerprint density at radius 2 is 2.10 bits per heavy atom. The van der Waals surface area contributed by atoms with E-state index < -0.39 is 0 Å². The highest BCUT2D eigenvalue weighted by molar-refractivity contribution is 9.10. The fraction of sp³-hybridized carbons (Fsp3) is 0.294. The van der Waals surface area contributed by atoms with Crippen LogP contribution >= 0.6 is 15.9 Å². The number of aliphatic hydroxyl groups excluding tert-OH is 1. The van der Waals surface area contributed by atoms with Gasteiger partial charge >= 0.3 is 0 Å². The highest BCUT2D eigenvalue weighted by atomic mass is 79.9. The Morgan fingerprint density at radius 1 is 1.30 bits per heavy atom. The minimum absolute atomic E-state index is 0.00311. The molecule has 20 heavy (non-hydrogen) atoms. The molecule has 0 amide bonds. The molecule has 1 unspecified atom stereocenters. The number of aryl methyl sites for hydroxylation is 1. The van der Waals surface area contributed by atoms with Crippen molar-refractivity contribution in [2.24, 2.45) is 0 Å². The number of aliphatic hydroxyl groups is 1. The summed E-state index contributed by atoms with van der Waals surface area (Å²) in [6, 6.07) is 12.4. The third-order valence-electron chi connectivity index (χ3n) is 3.88. The summed E-state index contributed by atoms with van der Waals surface area (Å²) < 4.78 is 6.97. The largest absolute Gasteiger partial charge is 0.492 e. The van der Waals surface area contributed by atoms with E-state index in [-0.39, 0.29) is 6.61 Å². The maximum atomic E-state index is 9.46. The summed E-state index contributed by atoms with van der Waals surface area (Å²) in [5.74, 6) is 1.29. The Balaban J connectivity index is 1.74. The maximum Gasteiger partial charge on any atom is 0.127 e. The highest BCUT2D eigenvalue weighted by Gasteiger charge is 2.26. The molecular weight excluding hydrogens is 316 g/mol. The number of hydrogen-bond acceptors (Lipinski definition) is 2. The Hall–Kier alpha value is -1.32. The minimum Gasteiger partial charge on any atom is -0.492 e. The lowest BCUT2D eigenvalue weighted by molar-refractivity contribution is 0.247. The second-order valence-electron chi connectivity index (χ2n) is 5.28. The summed E-state index contributed by atoms with van der Waals surface area (Å²) in [6.07, 6.45) is 1.08. The molecule has 2 nitrogen and oxygen atoms in total. The first-order valence-electron chi connectivity index (χ1n) is 6.79. The van der Waals surface area contributed by atoms with E-state index in [4.69, 9.17) is 4.74 Å². The number of halogens is 1. The lowest BCUT2D eigenvalue weighted by Crippen LogP contribution is -2.23. The zero-order chi connectivity index (χ0) is 14.1. The van der Waals surface area contributed by atoms with Gasteiger partial charge in [-0.2, -0.15) is 0 Å². The van der Waals surface area contributed by atoms with Gasteiger partial charge in [0.15, 0.2) is 0 Å². The first kappa shape index (κ1) is 13.7. The minimum atomic E-state index is -0.00311. The molecule has 2 aromatic carbocycles. The summed E-state index contributed by atoms with van der Waals surface area (Å²) in [4.78, 5) is 0. The van der Waals surface area contributed by atoms with Gasteiger partial charge in [0, 0.05) is 16.0 Å². The second kappa shape index (κ2) is 5.58. The lowest BCUT2D eigenvalue weighted by atomic mass is 9.78. The fourth-order valence-corrected chi connectivity index (χ4v) is 3.44. The Kier molecular flexibility index (Phi) is 3.81. The van der Waals surface area contributed by atoms with Crippen LogP contribution in [0.2, 0.25) is 0 Å². The molecule has 0 fully saturated rings. The molecule has 0 heterocycles. The van der Waals surface area contributed by atoms with Gasteiger partial charge in [-0.15, -0.1) is 0 Å². The van der Waals surface area contributed by atoms with Crippen LogP contribution < -0.4 is 4.74 Å². The quantitative estimate of drug-likeness (QED) is 0.917. The van der Waals surface area contributed by atoms with E-state index in [1.807, 2.05) is 19.1 Å². The van der Waals surface area contributed by atoms with E-state index in [1.165, 1.54) is 11.1 Å². The van der Waals surface area contributed by atoms with Gasteiger partial charge in [-0.1, -0.05) is 40.2 Å². The summed E-state index contributed by atoms with van der Waals surface area (Å²) in [5, 5.41) is 9.46. The molecular formula is C17H17BrO2. The Labute approximate surface area is 127 Å². The maximum absolute atomic E-state index is 9.46. The fourth-order valence-electron chi connectivity index (χ4n) is 2.82. The molecule has 0 saturated carbocycles. The molecule has 1 atom stereocenters. The molecule has 0 spiro atoms. The zero-order valence-corrected chi connectivity index (χ0v) is 13.0. The van der Waals surface area contributed by atoms with Gasteiger partial charge in [-0.3, -0.25) is 0 Å². The summed E-state index contributed by atoms with van der Waals surface area (Å²) in [7, 11) is 0. The van der Waals surface area contributed by atoms with Crippen molar-refractivity contribution in [2.45, 2.75) is 25.9 Å². The second-order valence-corrected chi connectivity index (χ2v) is 6.20. The molecule has 1 aliphatic rings. The van der Waals surface area contributed by atoms with Crippen molar-refractivity contribution in [3.8, 4) is 5.75 Å². The van der Waals surface area contributed by atoms with Crippen LogP contribution in [-0.2, 0) is 13.0 Å². The highest BCUT2D eigenvalue weighted by Crippen LogP contribution is 2.36. The van der Waals surface area contributed by atoms with Crippen molar-refractivity contribution in [3.05, 3.63) is 63.1 Å². The van der Waals surface area contributed by atoms with Gasteiger partial charge in [0.25, 0.3) is 0 Å². The molecule has 1 N–H and O–H groups in total. The van der Waals surface area contributed by atoms with E-state index in [9.17, 15) is 5.11 Å². The SMILES string of the molecule is Cc1cc(Br)cc(CO)c1OCC1Cc2ccccc21. The van der Waals surface area contributed by atoms with Crippen molar-refractivity contribution in [2.75, 3.05) is 6.61 Å². The van der Waals surface area contributed by atoms with Crippen LogP contribution in [0.5, 0.6) is 5.75 Å². The van der Waals surface area contributed by atoms with Gasteiger partial charge in [0.1, 0.15) is 5.75 Å². The standard InChI is InChI=1S/C17H17BrO2/c1-11-6-15(18)8-13(9-19)17(11)20-10-14-7-12-4-2-3-5-16(12)14/h2-6,8,14,19H,7,9-10H2,1H3. The number of rotatable bonds is 4.